The summed E-state index contributed by atoms with van der Waals surface area (Å²) in [6.07, 6.45) is 0. The molecule has 0 aromatic rings. The van der Waals surface area contributed by atoms with Gasteiger partial charge in [-0.2, -0.15) is 0 Å². The van der Waals surface area contributed by atoms with Gasteiger partial charge in [-0.3, -0.25) is 0 Å². The smallest absolute Gasteiger partial charge is 0.117 e. The molecule has 0 heterocycles. The van der Waals surface area contributed by atoms with E-state index in [1.165, 1.54) is 0 Å². The molecule has 0 rings (SSSR count). The molecule has 0 bridgehead atoms. The van der Waals surface area contributed by atoms with Crippen LogP contribution in [0.5, 0.6) is 0 Å². The highest BCUT2D eigenvalue weighted by atomic mass is 35.5. The van der Waals surface area contributed by atoms with Crippen LogP contribution in [0.1, 0.15) is 0 Å². The molecule has 0 fully saturated rings. The van der Waals surface area contributed by atoms with Gasteiger partial charge < -0.3 is 12.4 Å². The van der Waals surface area contributed by atoms with Crippen molar-refractivity contribution in [1.29, 1.82) is 0 Å². The van der Waals surface area contributed by atoms with E-state index in [9.17, 15) is 0 Å². The van der Waals surface area contributed by atoms with Crippen molar-refractivity contribution in [2.75, 3.05) is 11.6 Å². The molecule has 0 atom stereocenters. The summed E-state index contributed by atoms with van der Waals surface area (Å²) in [5.41, 5.74) is 0. The lowest BCUT2D eigenvalue weighted by molar-refractivity contribution is -0.000000705. The third-order valence-electron chi connectivity index (χ3n) is 0.0945. The van der Waals surface area contributed by atoms with E-state index in [4.69, 9.17) is 11.6 Å². The number of hydrogen-bond donors (Lipinski definition) is 0. The standard InChI is InChI=1S/C2H5ClS.ClH/c3-1-2-4;/h4H,1-2H2;1H. The van der Waals surface area contributed by atoms with E-state index >= 15 is 0 Å². The van der Waals surface area contributed by atoms with Gasteiger partial charge in [0.1, 0.15) is 5.75 Å². The molecule has 0 spiro atoms. The van der Waals surface area contributed by atoms with Crippen molar-refractivity contribution in [3.05, 3.63) is 0 Å². The normalized spacial score (nSPS) is 6.00. The van der Waals surface area contributed by atoms with E-state index in [1.807, 2.05) is 0 Å². The number of halogens is 2. The Balaban J connectivity index is 0. The zero-order valence-electron chi connectivity index (χ0n) is 2.67. The highest BCUT2D eigenvalue weighted by molar-refractivity contribution is 7.58. The van der Waals surface area contributed by atoms with Crippen molar-refractivity contribution in [3.8, 4) is 0 Å². The Morgan fingerprint density at radius 1 is 1.60 bits per heavy atom. The largest absolute Gasteiger partial charge is 1.00 e. The van der Waals surface area contributed by atoms with E-state index < -0.39 is 0 Å². The van der Waals surface area contributed by atoms with Gasteiger partial charge in [0, 0.05) is 0 Å². The molecular formula is C2H6Cl2S. The second-order valence-electron chi connectivity index (χ2n) is 0.439. The first-order chi connectivity index (χ1) is 1.91. The lowest BCUT2D eigenvalue weighted by atomic mass is 11.0. The Bertz CT molecular complexity index is 9.61. The Morgan fingerprint density at radius 3 is 1.80 bits per heavy atom. The third kappa shape index (κ3) is 11.4. The maximum atomic E-state index is 5.14. The van der Waals surface area contributed by atoms with Crippen molar-refractivity contribution < 1.29 is 12.4 Å². The average molecular weight is 133 g/mol. The minimum Gasteiger partial charge on any atom is -1.00 e. The first-order valence-corrected chi connectivity index (χ1v) is 2.36. The van der Waals surface area contributed by atoms with Crippen LogP contribution in [0.3, 0.4) is 0 Å². The van der Waals surface area contributed by atoms with Crippen LogP contribution in [0, 0.1) is 0 Å². The van der Waals surface area contributed by atoms with Gasteiger partial charge in [-0.1, -0.05) is 0 Å². The number of hydrogen-bond acceptors (Lipinski definition) is 0. The minimum absolute atomic E-state index is 0. The SMILES string of the molecule is [Cl-].[SH2+]CCCl. The molecule has 0 aliphatic heterocycles. The van der Waals surface area contributed by atoms with Crippen LogP contribution >= 0.6 is 11.6 Å². The Hall–Kier alpha value is 0.930. The van der Waals surface area contributed by atoms with Crippen molar-refractivity contribution in [3.63, 3.8) is 0 Å². The van der Waals surface area contributed by atoms with Gasteiger partial charge in [0.05, 0.1) is 5.88 Å². The number of rotatable bonds is 1. The second-order valence-corrected chi connectivity index (χ2v) is 1.32. The molecular weight excluding hydrogens is 127 g/mol. The highest BCUT2D eigenvalue weighted by Crippen LogP contribution is 1.65. The monoisotopic (exact) mass is 132 g/mol. The van der Waals surface area contributed by atoms with Gasteiger partial charge in [-0.15, -0.1) is 11.6 Å². The van der Waals surface area contributed by atoms with Crippen LogP contribution in [-0.4, -0.2) is 11.6 Å². The van der Waals surface area contributed by atoms with E-state index in [0.29, 0.717) is 5.88 Å². The molecule has 0 aliphatic carbocycles. The molecule has 0 aliphatic rings. The molecule has 0 nitrogen and oxygen atoms in total. The Kier molecular flexibility index (Phi) is 16.6. The number of alkyl halides is 1. The van der Waals surface area contributed by atoms with Gasteiger partial charge in [-0.05, 0) is 12.6 Å². The van der Waals surface area contributed by atoms with Crippen molar-refractivity contribution >= 4 is 24.2 Å². The summed E-state index contributed by atoms with van der Waals surface area (Å²) in [6.45, 7) is 0. The molecule has 34 valence electrons. The summed E-state index contributed by atoms with van der Waals surface area (Å²) in [5, 5.41) is 0. The van der Waals surface area contributed by atoms with E-state index in [0.717, 1.165) is 5.75 Å². The van der Waals surface area contributed by atoms with Crippen LogP contribution in [0.15, 0.2) is 0 Å². The predicted octanol–water partition coefficient (Wildman–Crippen LogP) is -2.76. The van der Waals surface area contributed by atoms with Gasteiger partial charge in [0.2, 0.25) is 0 Å². The molecule has 0 aromatic carbocycles. The first-order valence-electron chi connectivity index (χ1n) is 1.12. The third-order valence-corrected chi connectivity index (χ3v) is 0.850. The van der Waals surface area contributed by atoms with E-state index in [2.05, 4.69) is 12.6 Å². The molecule has 0 saturated carbocycles. The molecule has 0 radical (unpaired) electrons. The minimum atomic E-state index is 0. The highest BCUT2D eigenvalue weighted by Gasteiger charge is 1.67. The first kappa shape index (κ1) is 9.33. The molecule has 0 saturated heterocycles. The Labute approximate surface area is 48.7 Å². The summed E-state index contributed by atoms with van der Waals surface area (Å²) in [7, 11) is 0. The fourth-order valence-electron chi connectivity index (χ4n) is 0. The molecule has 0 aromatic heterocycles. The quantitative estimate of drug-likeness (QED) is 0.268. The van der Waals surface area contributed by atoms with Gasteiger partial charge >= 0.3 is 0 Å². The van der Waals surface area contributed by atoms with Crippen LogP contribution in [0.4, 0.5) is 0 Å². The Morgan fingerprint density at radius 2 is 1.80 bits per heavy atom. The van der Waals surface area contributed by atoms with Crippen LogP contribution in [0.2, 0.25) is 0 Å². The van der Waals surface area contributed by atoms with Gasteiger partial charge in [0.15, 0.2) is 0 Å². The van der Waals surface area contributed by atoms with Crippen LogP contribution in [-0.2, 0) is 12.6 Å². The zero-order valence-corrected chi connectivity index (χ0v) is 5.18. The maximum Gasteiger partial charge on any atom is 0.117 e. The summed E-state index contributed by atoms with van der Waals surface area (Å²) < 4.78 is 0. The lowest BCUT2D eigenvalue weighted by Gasteiger charge is -1.58. The summed E-state index contributed by atoms with van der Waals surface area (Å²) in [4.78, 5) is 0. The summed E-state index contributed by atoms with van der Waals surface area (Å²) in [6, 6.07) is 0. The molecule has 3 heteroatoms. The second kappa shape index (κ2) is 8.87. The van der Waals surface area contributed by atoms with Crippen LogP contribution in [0.25, 0.3) is 0 Å². The topological polar surface area (TPSA) is 0 Å². The lowest BCUT2D eigenvalue weighted by Crippen LogP contribution is -3.00. The fourth-order valence-corrected chi connectivity index (χ4v) is 0. The average Bonchev–Trinajstić information content (AvgIpc) is 1.37. The van der Waals surface area contributed by atoms with E-state index in [1.54, 1.807) is 0 Å². The maximum absolute atomic E-state index is 5.14. The zero-order chi connectivity index (χ0) is 3.41. The summed E-state index contributed by atoms with van der Waals surface area (Å²) >= 11 is 8.29. The van der Waals surface area contributed by atoms with Crippen molar-refractivity contribution in [2.24, 2.45) is 0 Å². The van der Waals surface area contributed by atoms with E-state index in [-0.39, 0.29) is 12.4 Å². The van der Waals surface area contributed by atoms with Gasteiger partial charge in [0.25, 0.3) is 0 Å². The molecule has 5 heavy (non-hydrogen) atoms. The summed E-state index contributed by atoms with van der Waals surface area (Å²) in [5.74, 6) is 1.60. The van der Waals surface area contributed by atoms with Crippen LogP contribution < -0.4 is 12.4 Å². The van der Waals surface area contributed by atoms with Crippen molar-refractivity contribution in [1.82, 2.24) is 0 Å². The predicted molar refractivity (Wildman–Crippen MR) is 25.7 cm³/mol. The molecule has 0 N–H and O–H groups in total. The molecule has 0 unspecified atom stereocenters. The fraction of sp³-hybridized carbons (Fsp3) is 1.00. The van der Waals surface area contributed by atoms with Crippen molar-refractivity contribution in [2.45, 2.75) is 0 Å². The molecule has 0 amide bonds. The van der Waals surface area contributed by atoms with Gasteiger partial charge in [-0.25, -0.2) is 0 Å².